The lowest BCUT2D eigenvalue weighted by atomic mass is 10.2. The zero-order valence-corrected chi connectivity index (χ0v) is 16.4. The first-order valence-electron chi connectivity index (χ1n) is 8.90. The van der Waals surface area contributed by atoms with E-state index in [1.807, 2.05) is 6.07 Å². The van der Waals surface area contributed by atoms with Gasteiger partial charge in [-0.1, -0.05) is 24.1 Å². The highest BCUT2D eigenvalue weighted by Gasteiger charge is 2.58. The van der Waals surface area contributed by atoms with E-state index in [2.05, 4.69) is 5.92 Å². The van der Waals surface area contributed by atoms with E-state index in [1.54, 1.807) is 55.5 Å². The van der Waals surface area contributed by atoms with Crippen molar-refractivity contribution in [1.29, 1.82) is 0 Å². The fourth-order valence-electron chi connectivity index (χ4n) is 2.49. The Bertz CT molecular complexity index is 897. The van der Waals surface area contributed by atoms with Crippen molar-refractivity contribution in [3.63, 3.8) is 0 Å². The molecule has 3 rings (SSSR count). The summed E-state index contributed by atoms with van der Waals surface area (Å²) < 4.78 is 35.5. The first-order valence-corrected chi connectivity index (χ1v) is 10.6. The Kier molecular flexibility index (Phi) is 6.08. The maximum absolute atomic E-state index is 13.4. The van der Waals surface area contributed by atoms with Crippen LogP contribution in [0.25, 0.3) is 0 Å². The molecule has 1 unspecified atom stereocenters. The Labute approximate surface area is 164 Å². The summed E-state index contributed by atoms with van der Waals surface area (Å²) in [7, 11) is -3.83. The van der Waals surface area contributed by atoms with Crippen LogP contribution in [0.5, 0.6) is 11.5 Å². The summed E-state index contributed by atoms with van der Waals surface area (Å²) >= 11 is 0. The SMILES string of the molecule is C#Cc1ccc(OCP(=O)(Oc2ccccc2)OC2(C(=O)OCC)CC2)cc1. The molecule has 0 bridgehead atoms. The van der Waals surface area contributed by atoms with E-state index in [9.17, 15) is 9.36 Å². The molecule has 2 aromatic carbocycles. The number of carbonyl (C=O) groups is 1. The van der Waals surface area contributed by atoms with Gasteiger partial charge in [0.25, 0.3) is 0 Å². The average molecular weight is 400 g/mol. The van der Waals surface area contributed by atoms with Crippen LogP contribution < -0.4 is 9.26 Å². The Balaban J connectivity index is 1.77. The third kappa shape index (κ3) is 4.95. The van der Waals surface area contributed by atoms with Crippen LogP contribution in [0.2, 0.25) is 0 Å². The van der Waals surface area contributed by atoms with Gasteiger partial charge in [-0.2, -0.15) is 0 Å². The van der Waals surface area contributed by atoms with Crippen molar-refractivity contribution in [3.05, 3.63) is 60.2 Å². The van der Waals surface area contributed by atoms with Crippen LogP contribution in [0.15, 0.2) is 54.6 Å². The van der Waals surface area contributed by atoms with Crippen LogP contribution in [-0.2, 0) is 18.6 Å². The maximum atomic E-state index is 13.4. The van der Waals surface area contributed by atoms with Crippen molar-refractivity contribution in [2.45, 2.75) is 25.4 Å². The number of esters is 1. The molecule has 146 valence electrons. The number of benzene rings is 2. The summed E-state index contributed by atoms with van der Waals surface area (Å²) in [4.78, 5) is 12.2. The molecular weight excluding hydrogens is 379 g/mol. The van der Waals surface area contributed by atoms with Gasteiger partial charge in [-0.15, -0.1) is 6.42 Å². The molecule has 1 fully saturated rings. The predicted octanol–water partition coefficient (Wildman–Crippen LogP) is 4.39. The summed E-state index contributed by atoms with van der Waals surface area (Å²) in [5.41, 5.74) is -0.539. The van der Waals surface area contributed by atoms with Crippen molar-refractivity contribution >= 4 is 13.6 Å². The fourth-order valence-corrected chi connectivity index (χ4v) is 4.17. The minimum Gasteiger partial charge on any atom is -0.480 e. The fraction of sp³-hybridized carbons (Fsp3) is 0.286. The monoisotopic (exact) mass is 400 g/mol. The highest BCUT2D eigenvalue weighted by atomic mass is 31.2. The van der Waals surface area contributed by atoms with Gasteiger partial charge >= 0.3 is 13.6 Å². The van der Waals surface area contributed by atoms with Crippen molar-refractivity contribution < 1.29 is 27.9 Å². The molecule has 1 aliphatic carbocycles. The molecule has 0 saturated heterocycles. The lowest BCUT2D eigenvalue weighted by molar-refractivity contribution is -0.154. The number of ether oxygens (including phenoxy) is 2. The number of rotatable bonds is 9. The van der Waals surface area contributed by atoms with Crippen LogP contribution in [0.1, 0.15) is 25.3 Å². The molecule has 1 aliphatic rings. The van der Waals surface area contributed by atoms with E-state index in [4.69, 9.17) is 24.9 Å². The molecule has 1 saturated carbocycles. The second-order valence-corrected chi connectivity index (χ2v) is 8.11. The summed E-state index contributed by atoms with van der Waals surface area (Å²) in [6.45, 7) is 1.92. The van der Waals surface area contributed by atoms with Crippen LogP contribution in [0.3, 0.4) is 0 Å². The molecule has 0 aliphatic heterocycles. The van der Waals surface area contributed by atoms with Crippen molar-refractivity contribution in [3.8, 4) is 23.8 Å². The van der Waals surface area contributed by atoms with Gasteiger partial charge in [-0.3, -0.25) is 4.52 Å². The number of hydrogen-bond donors (Lipinski definition) is 0. The van der Waals surface area contributed by atoms with E-state index in [-0.39, 0.29) is 13.0 Å². The Hall–Kier alpha value is -2.74. The van der Waals surface area contributed by atoms with Gasteiger partial charge in [0, 0.05) is 5.56 Å². The van der Waals surface area contributed by atoms with Crippen LogP contribution >= 0.6 is 7.60 Å². The molecule has 0 radical (unpaired) electrons. The molecule has 0 N–H and O–H groups in total. The van der Waals surface area contributed by atoms with Gasteiger partial charge < -0.3 is 14.0 Å². The highest BCUT2D eigenvalue weighted by molar-refractivity contribution is 7.54. The topological polar surface area (TPSA) is 71.1 Å². The maximum Gasteiger partial charge on any atom is 0.417 e. The van der Waals surface area contributed by atoms with Gasteiger partial charge in [0.1, 0.15) is 11.5 Å². The van der Waals surface area contributed by atoms with E-state index >= 15 is 0 Å². The second kappa shape index (κ2) is 8.52. The number of para-hydroxylation sites is 1. The highest BCUT2D eigenvalue weighted by Crippen LogP contribution is 2.58. The Morgan fingerprint density at radius 2 is 1.79 bits per heavy atom. The largest absolute Gasteiger partial charge is 0.480 e. The van der Waals surface area contributed by atoms with Crippen LogP contribution in [-0.4, -0.2) is 24.5 Å². The quantitative estimate of drug-likeness (QED) is 0.353. The first-order chi connectivity index (χ1) is 13.5. The van der Waals surface area contributed by atoms with Gasteiger partial charge in [-0.25, -0.2) is 9.36 Å². The molecule has 2 aromatic rings. The zero-order chi connectivity index (χ0) is 20.0. The number of carbonyl (C=O) groups excluding carboxylic acids is 1. The van der Waals surface area contributed by atoms with Crippen molar-refractivity contribution in [2.75, 3.05) is 13.0 Å². The molecule has 1 atom stereocenters. The number of hydrogen-bond acceptors (Lipinski definition) is 6. The van der Waals surface area contributed by atoms with Crippen molar-refractivity contribution in [2.24, 2.45) is 0 Å². The minimum atomic E-state index is -3.83. The molecule has 7 heteroatoms. The van der Waals surface area contributed by atoms with E-state index in [1.165, 1.54) is 0 Å². The van der Waals surface area contributed by atoms with Crippen LogP contribution in [0.4, 0.5) is 0 Å². The lowest BCUT2D eigenvalue weighted by Gasteiger charge is -2.24. The minimum absolute atomic E-state index is 0.214. The third-order valence-electron chi connectivity index (χ3n) is 4.06. The van der Waals surface area contributed by atoms with Crippen molar-refractivity contribution in [1.82, 2.24) is 0 Å². The van der Waals surface area contributed by atoms with E-state index < -0.39 is 19.2 Å². The van der Waals surface area contributed by atoms with Gasteiger partial charge in [0.05, 0.1) is 6.61 Å². The van der Waals surface area contributed by atoms with Gasteiger partial charge in [0.15, 0.2) is 5.60 Å². The normalized spacial score (nSPS) is 16.3. The summed E-state index contributed by atoms with van der Waals surface area (Å²) in [6.07, 6.45) is 5.82. The number of terminal acetylenes is 1. The first kappa shape index (κ1) is 20.0. The molecule has 0 heterocycles. The summed E-state index contributed by atoms with van der Waals surface area (Å²) in [5.74, 6) is 2.79. The van der Waals surface area contributed by atoms with E-state index in [0.29, 0.717) is 29.9 Å². The standard InChI is InChI=1S/C21H21O6P/c1-3-17-10-12-18(13-11-17)25-16-28(23,26-19-8-6-5-7-9-19)27-21(14-15-21)20(22)24-4-2/h1,5-13H,4,14-16H2,2H3. The molecule has 0 aromatic heterocycles. The van der Waals surface area contributed by atoms with E-state index in [0.717, 1.165) is 0 Å². The smallest absolute Gasteiger partial charge is 0.417 e. The molecule has 0 amide bonds. The Morgan fingerprint density at radius 3 is 2.36 bits per heavy atom. The summed E-state index contributed by atoms with van der Waals surface area (Å²) in [6, 6.07) is 15.4. The molecule has 28 heavy (non-hydrogen) atoms. The molecule has 6 nitrogen and oxygen atoms in total. The summed E-state index contributed by atoms with van der Waals surface area (Å²) in [5, 5.41) is 0. The molecule has 0 spiro atoms. The Morgan fingerprint density at radius 1 is 1.11 bits per heavy atom. The third-order valence-corrected chi connectivity index (χ3v) is 5.63. The van der Waals surface area contributed by atoms with Gasteiger partial charge in [-0.05, 0) is 56.2 Å². The lowest BCUT2D eigenvalue weighted by Crippen LogP contribution is -2.29. The second-order valence-electron chi connectivity index (χ2n) is 6.26. The zero-order valence-electron chi connectivity index (χ0n) is 15.5. The average Bonchev–Trinajstić information content (AvgIpc) is 3.48. The van der Waals surface area contributed by atoms with Crippen LogP contribution in [0, 0.1) is 12.3 Å². The predicted molar refractivity (Wildman–Crippen MR) is 104 cm³/mol. The molecular formula is C21H21O6P. The van der Waals surface area contributed by atoms with Gasteiger partial charge in [0.2, 0.25) is 6.35 Å².